The zero-order chi connectivity index (χ0) is 25.1. The minimum absolute atomic E-state index is 0.137. The first-order valence-electron chi connectivity index (χ1n) is 11.9. The Morgan fingerprint density at radius 2 is 1.81 bits per heavy atom. The van der Waals surface area contributed by atoms with Crippen LogP contribution in [0.2, 0.25) is 0 Å². The van der Waals surface area contributed by atoms with Gasteiger partial charge < -0.3 is 19.5 Å². The lowest BCUT2D eigenvalue weighted by Gasteiger charge is -2.21. The van der Waals surface area contributed by atoms with Crippen LogP contribution in [-0.2, 0) is 11.2 Å². The molecule has 0 radical (unpaired) electrons. The third-order valence-corrected chi connectivity index (χ3v) is 6.19. The standard InChI is InChI=1S/C28H27N3O5/c1-18(19-7-13-25-26(17-19)36-16-15-35-25)29-27(32)14-12-23-28(33)31(20-8-10-21(34-2)11-9-20)24-6-4-3-5-22(24)30-23/h3-11,13,17-18H,12,14-16H2,1-2H3,(H,29,32). The highest BCUT2D eigenvalue weighted by Crippen LogP contribution is 2.32. The lowest BCUT2D eigenvalue weighted by Crippen LogP contribution is -2.29. The quantitative estimate of drug-likeness (QED) is 0.426. The fourth-order valence-electron chi connectivity index (χ4n) is 4.29. The summed E-state index contributed by atoms with van der Waals surface area (Å²) in [4.78, 5) is 30.8. The number of amides is 1. The highest BCUT2D eigenvalue weighted by Gasteiger charge is 2.18. The number of carbonyl (C=O) groups excluding carboxylic acids is 1. The Morgan fingerprint density at radius 1 is 1.06 bits per heavy atom. The van der Waals surface area contributed by atoms with Gasteiger partial charge in [-0.2, -0.15) is 0 Å². The van der Waals surface area contributed by atoms with Gasteiger partial charge in [-0.1, -0.05) is 18.2 Å². The second kappa shape index (κ2) is 10.1. The van der Waals surface area contributed by atoms with Gasteiger partial charge >= 0.3 is 0 Å². The molecule has 3 aromatic carbocycles. The molecule has 8 nitrogen and oxygen atoms in total. The Balaban J connectivity index is 1.34. The van der Waals surface area contributed by atoms with Crippen LogP contribution in [0.4, 0.5) is 0 Å². The molecule has 1 atom stereocenters. The normalized spacial score (nSPS) is 13.3. The maximum absolute atomic E-state index is 13.4. The molecular formula is C28H27N3O5. The maximum Gasteiger partial charge on any atom is 0.277 e. The summed E-state index contributed by atoms with van der Waals surface area (Å²) < 4.78 is 18.1. The van der Waals surface area contributed by atoms with E-state index in [-0.39, 0.29) is 30.3 Å². The van der Waals surface area contributed by atoms with Gasteiger partial charge in [0.25, 0.3) is 5.56 Å². The first-order chi connectivity index (χ1) is 17.5. The molecule has 0 spiro atoms. The molecule has 1 aliphatic heterocycles. The smallest absolute Gasteiger partial charge is 0.277 e. The Morgan fingerprint density at radius 3 is 2.58 bits per heavy atom. The van der Waals surface area contributed by atoms with Crippen molar-refractivity contribution in [2.45, 2.75) is 25.8 Å². The van der Waals surface area contributed by atoms with E-state index in [0.29, 0.717) is 52.9 Å². The zero-order valence-electron chi connectivity index (χ0n) is 20.2. The molecule has 1 aliphatic rings. The van der Waals surface area contributed by atoms with Crippen LogP contribution in [-0.4, -0.2) is 35.8 Å². The van der Waals surface area contributed by atoms with Crippen LogP contribution >= 0.6 is 0 Å². The number of aryl methyl sites for hydroxylation is 1. The van der Waals surface area contributed by atoms with Crippen molar-refractivity contribution in [2.24, 2.45) is 0 Å². The second-order valence-electron chi connectivity index (χ2n) is 8.58. The minimum atomic E-state index is -0.244. The Hall–Kier alpha value is -4.33. The molecule has 5 rings (SSSR count). The van der Waals surface area contributed by atoms with E-state index in [9.17, 15) is 9.59 Å². The van der Waals surface area contributed by atoms with Gasteiger partial charge in [-0.05, 0) is 61.0 Å². The van der Waals surface area contributed by atoms with E-state index in [1.54, 1.807) is 11.7 Å². The summed E-state index contributed by atoms with van der Waals surface area (Å²) in [7, 11) is 1.60. The molecule has 8 heteroatoms. The second-order valence-corrected chi connectivity index (χ2v) is 8.58. The van der Waals surface area contributed by atoms with Crippen LogP contribution in [0.25, 0.3) is 16.7 Å². The number of hydrogen-bond acceptors (Lipinski definition) is 6. The fourth-order valence-corrected chi connectivity index (χ4v) is 4.29. The van der Waals surface area contributed by atoms with Crippen molar-refractivity contribution >= 4 is 16.9 Å². The van der Waals surface area contributed by atoms with Crippen molar-refractivity contribution in [1.82, 2.24) is 14.9 Å². The average Bonchev–Trinajstić information content (AvgIpc) is 2.91. The fraction of sp³-hybridized carbons (Fsp3) is 0.250. The van der Waals surface area contributed by atoms with Gasteiger partial charge in [-0.3, -0.25) is 14.2 Å². The number of carbonyl (C=O) groups is 1. The number of fused-ring (bicyclic) bond motifs is 2. The van der Waals surface area contributed by atoms with Crippen molar-refractivity contribution in [2.75, 3.05) is 20.3 Å². The van der Waals surface area contributed by atoms with Crippen molar-refractivity contribution in [3.63, 3.8) is 0 Å². The topological polar surface area (TPSA) is 91.7 Å². The maximum atomic E-state index is 13.4. The number of nitrogens with zero attached hydrogens (tertiary/aromatic N) is 2. The molecule has 1 N–H and O–H groups in total. The van der Waals surface area contributed by atoms with Gasteiger partial charge in [0, 0.05) is 18.5 Å². The summed E-state index contributed by atoms with van der Waals surface area (Å²) in [5.74, 6) is 1.93. The highest BCUT2D eigenvalue weighted by atomic mass is 16.6. The first-order valence-corrected chi connectivity index (χ1v) is 11.9. The molecule has 2 heterocycles. The summed E-state index contributed by atoms with van der Waals surface area (Å²) >= 11 is 0. The summed E-state index contributed by atoms with van der Waals surface area (Å²) in [5, 5.41) is 3.00. The molecule has 36 heavy (non-hydrogen) atoms. The van der Waals surface area contributed by atoms with E-state index in [1.807, 2.05) is 73.7 Å². The highest BCUT2D eigenvalue weighted by molar-refractivity contribution is 5.78. The molecule has 4 aromatic rings. The number of ether oxygens (including phenoxy) is 3. The van der Waals surface area contributed by atoms with E-state index in [0.717, 1.165) is 5.56 Å². The van der Waals surface area contributed by atoms with Crippen molar-refractivity contribution < 1.29 is 19.0 Å². The van der Waals surface area contributed by atoms with Gasteiger partial charge in [0.1, 0.15) is 24.7 Å². The number of benzene rings is 3. The monoisotopic (exact) mass is 485 g/mol. The number of hydrogen-bond donors (Lipinski definition) is 1. The van der Waals surface area contributed by atoms with Crippen molar-refractivity contribution in [3.8, 4) is 22.9 Å². The largest absolute Gasteiger partial charge is 0.497 e. The van der Waals surface area contributed by atoms with Crippen LogP contribution in [0.15, 0.2) is 71.5 Å². The number of aromatic nitrogens is 2. The Kier molecular flexibility index (Phi) is 6.58. The third-order valence-electron chi connectivity index (χ3n) is 6.19. The molecule has 0 saturated carbocycles. The zero-order valence-corrected chi connectivity index (χ0v) is 20.2. The molecule has 1 aromatic heterocycles. The predicted molar refractivity (Wildman–Crippen MR) is 136 cm³/mol. The Labute approximate surface area is 208 Å². The van der Waals surface area contributed by atoms with Crippen LogP contribution in [0, 0.1) is 0 Å². The van der Waals surface area contributed by atoms with E-state index in [4.69, 9.17) is 14.2 Å². The van der Waals surface area contributed by atoms with Gasteiger partial charge in [-0.15, -0.1) is 0 Å². The van der Waals surface area contributed by atoms with E-state index in [2.05, 4.69) is 10.3 Å². The van der Waals surface area contributed by atoms with E-state index >= 15 is 0 Å². The van der Waals surface area contributed by atoms with Gasteiger partial charge in [0.15, 0.2) is 11.5 Å². The van der Waals surface area contributed by atoms with E-state index < -0.39 is 0 Å². The van der Waals surface area contributed by atoms with Crippen LogP contribution in [0.5, 0.6) is 17.2 Å². The van der Waals surface area contributed by atoms with E-state index in [1.165, 1.54) is 0 Å². The number of rotatable bonds is 7. The van der Waals surface area contributed by atoms with Crippen molar-refractivity contribution in [3.05, 3.63) is 88.3 Å². The molecule has 184 valence electrons. The number of para-hydroxylation sites is 2. The SMILES string of the molecule is COc1ccc(-n2c(=O)c(CCC(=O)NC(C)c3ccc4c(c3)OCCO4)nc3ccccc32)cc1. The summed E-state index contributed by atoms with van der Waals surface area (Å²) in [6.45, 7) is 2.94. The molecule has 0 saturated heterocycles. The van der Waals surface area contributed by atoms with Crippen molar-refractivity contribution in [1.29, 1.82) is 0 Å². The Bertz CT molecular complexity index is 1460. The van der Waals surface area contributed by atoms with Crippen LogP contribution < -0.4 is 25.1 Å². The average molecular weight is 486 g/mol. The lowest BCUT2D eigenvalue weighted by atomic mass is 10.1. The lowest BCUT2D eigenvalue weighted by molar-refractivity contribution is -0.121. The minimum Gasteiger partial charge on any atom is -0.497 e. The van der Waals surface area contributed by atoms with Gasteiger partial charge in [0.05, 0.1) is 24.2 Å². The summed E-state index contributed by atoms with van der Waals surface area (Å²) in [6.07, 6.45) is 0.359. The first kappa shape index (κ1) is 23.4. The van der Waals surface area contributed by atoms with Gasteiger partial charge in [-0.25, -0.2) is 4.98 Å². The number of methoxy groups -OCH3 is 1. The summed E-state index contributed by atoms with van der Waals surface area (Å²) in [6, 6.07) is 20.2. The summed E-state index contributed by atoms with van der Waals surface area (Å²) in [5.41, 5.74) is 3.11. The third kappa shape index (κ3) is 4.75. The molecule has 1 unspecified atom stereocenters. The molecule has 0 aliphatic carbocycles. The number of nitrogens with one attached hydrogen (secondary N) is 1. The molecule has 1 amide bonds. The van der Waals surface area contributed by atoms with Crippen LogP contribution in [0.1, 0.15) is 30.6 Å². The predicted octanol–water partition coefficient (Wildman–Crippen LogP) is 3.98. The molecular weight excluding hydrogens is 458 g/mol. The van der Waals surface area contributed by atoms with Gasteiger partial charge in [0.2, 0.25) is 5.91 Å². The molecule has 0 bridgehead atoms. The molecule has 0 fully saturated rings. The van der Waals surface area contributed by atoms with Crippen LogP contribution in [0.3, 0.4) is 0 Å².